The van der Waals surface area contributed by atoms with Gasteiger partial charge in [-0.05, 0) is 30.5 Å². The molecule has 1 aromatic heterocycles. The predicted octanol–water partition coefficient (Wildman–Crippen LogP) is 2.44. The molecular weight excluding hydrogens is 335 g/mol. The summed E-state index contributed by atoms with van der Waals surface area (Å²) in [6.45, 7) is 0.438. The van der Waals surface area contributed by atoms with E-state index in [1.807, 2.05) is 24.3 Å². The lowest BCUT2D eigenvalue weighted by Crippen LogP contribution is -2.30. The summed E-state index contributed by atoms with van der Waals surface area (Å²) < 4.78 is 18.8. The molecule has 2 heterocycles. The second kappa shape index (κ2) is 7.05. The van der Waals surface area contributed by atoms with E-state index in [-0.39, 0.29) is 24.2 Å². The highest BCUT2D eigenvalue weighted by molar-refractivity contribution is 5.79. The van der Waals surface area contributed by atoms with Crippen molar-refractivity contribution in [3.05, 3.63) is 41.5 Å². The second-order valence-corrected chi connectivity index (χ2v) is 7.20. The fourth-order valence-corrected chi connectivity index (χ4v) is 3.59. The number of likely N-dealkylation sites (tertiary alicyclic amines) is 1. The molecule has 1 aliphatic heterocycles. The second-order valence-electron chi connectivity index (χ2n) is 7.20. The first-order valence-electron chi connectivity index (χ1n) is 9.06. The van der Waals surface area contributed by atoms with Crippen LogP contribution in [0.3, 0.4) is 0 Å². The van der Waals surface area contributed by atoms with Crippen LogP contribution in [0.15, 0.2) is 24.3 Å². The average Bonchev–Trinajstić information content (AvgIpc) is 3.23. The van der Waals surface area contributed by atoms with E-state index in [9.17, 15) is 9.18 Å². The molecule has 7 heteroatoms. The number of amides is 1. The van der Waals surface area contributed by atoms with Crippen molar-refractivity contribution >= 4 is 5.91 Å². The minimum atomic E-state index is -0.465. The summed E-state index contributed by atoms with van der Waals surface area (Å²) in [5, 5.41) is 7.25. The molecule has 138 valence electrons. The molecule has 4 rings (SSSR count). The minimum Gasteiger partial charge on any atom is -0.497 e. The fraction of sp³-hybridized carbons (Fsp3) is 0.526. The lowest BCUT2D eigenvalue weighted by Gasteiger charge is -2.16. The Hall–Kier alpha value is -2.44. The zero-order valence-electron chi connectivity index (χ0n) is 14.8. The first-order chi connectivity index (χ1) is 12.7. The van der Waals surface area contributed by atoms with Crippen LogP contribution in [0, 0.1) is 5.92 Å². The lowest BCUT2D eigenvalue weighted by atomic mass is 9.97. The minimum absolute atomic E-state index is 0.00105. The van der Waals surface area contributed by atoms with E-state index in [0.29, 0.717) is 24.8 Å². The molecule has 0 bridgehead atoms. The average molecular weight is 358 g/mol. The summed E-state index contributed by atoms with van der Waals surface area (Å²) >= 11 is 0. The number of methoxy groups -OCH3 is 1. The molecule has 2 atom stereocenters. The van der Waals surface area contributed by atoms with Gasteiger partial charge in [0.2, 0.25) is 5.91 Å². The number of H-pyrrole nitrogens is 1. The molecule has 1 aliphatic carbocycles. The molecule has 1 aromatic carbocycles. The number of halogens is 1. The van der Waals surface area contributed by atoms with E-state index in [0.717, 1.165) is 30.0 Å². The van der Waals surface area contributed by atoms with E-state index < -0.39 is 6.67 Å². The molecule has 26 heavy (non-hydrogen) atoms. The quantitative estimate of drug-likeness (QED) is 0.861. The highest BCUT2D eigenvalue weighted by atomic mass is 19.1. The van der Waals surface area contributed by atoms with Crippen LogP contribution in [0.1, 0.15) is 41.9 Å². The van der Waals surface area contributed by atoms with Gasteiger partial charge >= 0.3 is 0 Å². The fourth-order valence-electron chi connectivity index (χ4n) is 3.59. The third-order valence-corrected chi connectivity index (χ3v) is 5.30. The SMILES string of the molecule is COc1cccc(CC(=O)N2CC(CF)C(c3nc(C4CC4)n[nH]3)C2)c1. The summed E-state index contributed by atoms with van der Waals surface area (Å²) in [6.07, 6.45) is 2.53. The van der Waals surface area contributed by atoms with Crippen molar-refractivity contribution in [2.45, 2.75) is 31.1 Å². The number of hydrogen-bond acceptors (Lipinski definition) is 4. The van der Waals surface area contributed by atoms with Gasteiger partial charge in [0.05, 0.1) is 20.2 Å². The number of nitrogens with one attached hydrogen (secondary N) is 1. The van der Waals surface area contributed by atoms with E-state index >= 15 is 0 Å². The molecule has 1 amide bonds. The standard InChI is InChI=1S/C19H23FN4O2/c1-26-15-4-2-3-12(7-15)8-17(25)24-10-14(9-20)16(11-24)19-21-18(22-23-19)13-5-6-13/h2-4,7,13-14,16H,5-6,8-11H2,1H3,(H,21,22,23). The number of nitrogens with zero attached hydrogens (tertiary/aromatic N) is 3. The summed E-state index contributed by atoms with van der Waals surface area (Å²) in [5.41, 5.74) is 0.894. The maximum Gasteiger partial charge on any atom is 0.227 e. The van der Waals surface area contributed by atoms with E-state index in [2.05, 4.69) is 15.2 Å². The molecule has 2 fully saturated rings. The van der Waals surface area contributed by atoms with Crippen molar-refractivity contribution < 1.29 is 13.9 Å². The number of benzene rings is 1. The van der Waals surface area contributed by atoms with Gasteiger partial charge in [-0.1, -0.05) is 12.1 Å². The molecule has 0 spiro atoms. The first-order valence-corrected chi connectivity index (χ1v) is 9.06. The van der Waals surface area contributed by atoms with Crippen molar-refractivity contribution in [2.75, 3.05) is 26.9 Å². The van der Waals surface area contributed by atoms with Crippen LogP contribution < -0.4 is 4.74 Å². The van der Waals surface area contributed by atoms with Crippen molar-refractivity contribution in [1.82, 2.24) is 20.1 Å². The van der Waals surface area contributed by atoms with Gasteiger partial charge in [-0.3, -0.25) is 14.3 Å². The molecule has 0 radical (unpaired) electrons. The number of rotatable bonds is 6. The molecule has 1 N–H and O–H groups in total. The van der Waals surface area contributed by atoms with Crippen LogP contribution in [-0.2, 0) is 11.2 Å². The van der Waals surface area contributed by atoms with E-state index in [4.69, 9.17) is 4.74 Å². The highest BCUT2D eigenvalue weighted by Crippen LogP contribution is 2.39. The van der Waals surface area contributed by atoms with Gasteiger partial charge in [-0.25, -0.2) is 4.98 Å². The lowest BCUT2D eigenvalue weighted by molar-refractivity contribution is -0.129. The van der Waals surface area contributed by atoms with Crippen LogP contribution in [-0.4, -0.2) is 52.9 Å². The molecule has 1 saturated carbocycles. The van der Waals surface area contributed by atoms with Crippen LogP contribution in [0.5, 0.6) is 5.75 Å². The summed E-state index contributed by atoms with van der Waals surface area (Å²) in [7, 11) is 1.60. The Morgan fingerprint density at radius 3 is 2.96 bits per heavy atom. The zero-order valence-corrected chi connectivity index (χ0v) is 14.8. The van der Waals surface area contributed by atoms with E-state index in [1.165, 1.54) is 0 Å². The molecular formula is C19H23FN4O2. The van der Waals surface area contributed by atoms with E-state index in [1.54, 1.807) is 12.0 Å². The van der Waals surface area contributed by atoms with Crippen LogP contribution >= 0.6 is 0 Å². The normalized spacial score (nSPS) is 22.6. The number of ether oxygens (including phenoxy) is 1. The molecule has 2 unspecified atom stereocenters. The van der Waals surface area contributed by atoms with Crippen LogP contribution in [0.25, 0.3) is 0 Å². The Kier molecular flexibility index (Phi) is 4.61. The van der Waals surface area contributed by atoms with Gasteiger partial charge in [0.1, 0.15) is 11.6 Å². The first kappa shape index (κ1) is 17.0. The topological polar surface area (TPSA) is 71.1 Å². The Morgan fingerprint density at radius 2 is 2.23 bits per heavy atom. The van der Waals surface area contributed by atoms with Crippen LogP contribution in [0.2, 0.25) is 0 Å². The maximum atomic E-state index is 13.6. The van der Waals surface area contributed by atoms with Gasteiger partial charge in [-0.15, -0.1) is 0 Å². The predicted molar refractivity (Wildman–Crippen MR) is 93.8 cm³/mol. The van der Waals surface area contributed by atoms with Gasteiger partial charge in [0.15, 0.2) is 5.82 Å². The number of carbonyl (C=O) groups excluding carboxylic acids is 1. The molecule has 1 saturated heterocycles. The Balaban J connectivity index is 1.44. The maximum absolute atomic E-state index is 13.6. The monoisotopic (exact) mass is 358 g/mol. The largest absolute Gasteiger partial charge is 0.497 e. The summed E-state index contributed by atoms with van der Waals surface area (Å²) in [6, 6.07) is 7.47. The Morgan fingerprint density at radius 1 is 1.38 bits per heavy atom. The number of aromatic nitrogens is 3. The number of carbonyl (C=O) groups is 1. The number of aromatic amines is 1. The van der Waals surface area contributed by atoms with Gasteiger partial charge < -0.3 is 9.64 Å². The van der Waals surface area contributed by atoms with Crippen LogP contribution in [0.4, 0.5) is 4.39 Å². The summed E-state index contributed by atoms with van der Waals surface area (Å²) in [4.78, 5) is 19.0. The third kappa shape index (κ3) is 3.43. The number of alkyl halides is 1. The van der Waals surface area contributed by atoms with Gasteiger partial charge in [0.25, 0.3) is 0 Å². The van der Waals surface area contributed by atoms with Gasteiger partial charge in [-0.2, -0.15) is 5.10 Å². The Labute approximate surface area is 151 Å². The van der Waals surface area contributed by atoms with Crippen molar-refractivity contribution in [3.8, 4) is 5.75 Å². The zero-order chi connectivity index (χ0) is 18.1. The van der Waals surface area contributed by atoms with Crippen molar-refractivity contribution in [1.29, 1.82) is 0 Å². The highest BCUT2D eigenvalue weighted by Gasteiger charge is 2.39. The summed E-state index contributed by atoms with van der Waals surface area (Å²) in [5.74, 6) is 2.38. The van der Waals surface area contributed by atoms with Crippen molar-refractivity contribution in [3.63, 3.8) is 0 Å². The molecule has 2 aliphatic rings. The molecule has 2 aromatic rings. The van der Waals surface area contributed by atoms with Gasteiger partial charge in [0, 0.05) is 30.8 Å². The third-order valence-electron chi connectivity index (χ3n) is 5.30. The molecule has 6 nitrogen and oxygen atoms in total. The Bertz CT molecular complexity index is 789. The number of hydrogen-bond donors (Lipinski definition) is 1. The van der Waals surface area contributed by atoms with Crippen molar-refractivity contribution in [2.24, 2.45) is 5.92 Å². The smallest absolute Gasteiger partial charge is 0.227 e.